The molecule has 41 heavy (non-hydrogen) atoms. The molecule has 4 aromatic rings. The molecular formula is C35H39ClN4O. The largest absolute Gasteiger partial charge is 0.345 e. The van der Waals surface area contributed by atoms with Crippen molar-refractivity contribution in [1.29, 1.82) is 0 Å². The highest BCUT2D eigenvalue weighted by atomic mass is 35.5. The second-order valence-electron chi connectivity index (χ2n) is 11.5. The molecule has 6 heteroatoms. The average Bonchev–Trinajstić information content (AvgIpc) is 3.02. The van der Waals surface area contributed by atoms with Crippen molar-refractivity contribution in [2.75, 3.05) is 26.2 Å². The Morgan fingerprint density at radius 3 is 2.32 bits per heavy atom. The molecule has 2 saturated heterocycles. The van der Waals surface area contributed by atoms with Gasteiger partial charge < -0.3 is 10.2 Å². The van der Waals surface area contributed by atoms with Gasteiger partial charge in [0.15, 0.2) is 0 Å². The third-order valence-corrected chi connectivity index (χ3v) is 9.08. The van der Waals surface area contributed by atoms with Crippen LogP contribution in [0.25, 0.3) is 22.2 Å². The fourth-order valence-corrected chi connectivity index (χ4v) is 6.68. The van der Waals surface area contributed by atoms with Crippen molar-refractivity contribution in [3.05, 3.63) is 101 Å². The van der Waals surface area contributed by atoms with Crippen molar-refractivity contribution in [1.82, 2.24) is 20.1 Å². The lowest BCUT2D eigenvalue weighted by Crippen LogP contribution is -2.46. The maximum Gasteiger partial charge on any atom is 0.252 e. The molecular weight excluding hydrogens is 528 g/mol. The van der Waals surface area contributed by atoms with Gasteiger partial charge in [-0.2, -0.15) is 0 Å². The molecule has 2 aliphatic rings. The summed E-state index contributed by atoms with van der Waals surface area (Å²) in [6.45, 7) is 7.26. The highest BCUT2D eigenvalue weighted by molar-refractivity contribution is 6.30. The van der Waals surface area contributed by atoms with Gasteiger partial charge in [0.05, 0.1) is 22.8 Å². The van der Waals surface area contributed by atoms with Gasteiger partial charge in [-0.05, 0) is 82.5 Å². The van der Waals surface area contributed by atoms with E-state index < -0.39 is 0 Å². The highest BCUT2D eigenvalue weighted by Crippen LogP contribution is 2.33. The first kappa shape index (κ1) is 27.9. The molecule has 0 aliphatic carbocycles. The van der Waals surface area contributed by atoms with Crippen LogP contribution in [-0.4, -0.2) is 52.9 Å². The Morgan fingerprint density at radius 2 is 1.59 bits per heavy atom. The van der Waals surface area contributed by atoms with Crippen LogP contribution in [0.2, 0.25) is 5.02 Å². The number of rotatable bonds is 7. The smallest absolute Gasteiger partial charge is 0.252 e. The highest BCUT2D eigenvalue weighted by Gasteiger charge is 2.29. The van der Waals surface area contributed by atoms with Crippen LogP contribution in [0.1, 0.15) is 66.6 Å². The number of nitrogens with one attached hydrogen (secondary N) is 1. The average molecular weight is 567 g/mol. The second-order valence-corrected chi connectivity index (χ2v) is 12.0. The molecule has 1 atom stereocenters. The third-order valence-electron chi connectivity index (χ3n) is 8.83. The number of amides is 1. The summed E-state index contributed by atoms with van der Waals surface area (Å²) in [6, 6.07) is 26.5. The van der Waals surface area contributed by atoms with E-state index in [-0.39, 0.29) is 11.9 Å². The zero-order valence-electron chi connectivity index (χ0n) is 23.9. The van der Waals surface area contributed by atoms with Crippen LogP contribution in [0.4, 0.5) is 0 Å². The molecule has 3 aromatic carbocycles. The number of halogens is 1. The molecule has 1 N–H and O–H groups in total. The van der Waals surface area contributed by atoms with Crippen molar-refractivity contribution in [2.24, 2.45) is 0 Å². The normalized spacial score (nSPS) is 17.9. The Balaban J connectivity index is 1.37. The van der Waals surface area contributed by atoms with E-state index in [0.717, 1.165) is 51.9 Å². The van der Waals surface area contributed by atoms with Crippen molar-refractivity contribution >= 4 is 28.4 Å². The minimum Gasteiger partial charge on any atom is -0.345 e. The number of hydrogen-bond acceptors (Lipinski definition) is 4. The maximum absolute atomic E-state index is 14.2. The lowest BCUT2D eigenvalue weighted by molar-refractivity contribution is 0.0884. The number of pyridine rings is 1. The number of carbonyl (C=O) groups is 1. The van der Waals surface area contributed by atoms with Crippen molar-refractivity contribution in [2.45, 2.75) is 57.7 Å². The number of carbonyl (C=O) groups excluding carboxylic acids is 1. The summed E-state index contributed by atoms with van der Waals surface area (Å²) in [4.78, 5) is 24.6. The van der Waals surface area contributed by atoms with Gasteiger partial charge in [-0.3, -0.25) is 9.69 Å². The minimum atomic E-state index is -0.122. The Bertz CT molecular complexity index is 1480. The van der Waals surface area contributed by atoms with Crippen molar-refractivity contribution in [3.8, 4) is 11.3 Å². The van der Waals surface area contributed by atoms with Crippen LogP contribution in [0.5, 0.6) is 0 Å². The van der Waals surface area contributed by atoms with E-state index in [1.807, 2.05) is 73.7 Å². The van der Waals surface area contributed by atoms with E-state index in [4.69, 9.17) is 16.6 Å². The van der Waals surface area contributed by atoms with Crippen LogP contribution in [0, 0.1) is 0 Å². The molecule has 0 unspecified atom stereocenters. The van der Waals surface area contributed by atoms with Gasteiger partial charge in [0, 0.05) is 34.1 Å². The molecule has 1 amide bonds. The van der Waals surface area contributed by atoms with Gasteiger partial charge in [-0.15, -0.1) is 0 Å². The Hall–Kier alpha value is -3.25. The zero-order chi connectivity index (χ0) is 28.2. The summed E-state index contributed by atoms with van der Waals surface area (Å²) in [7, 11) is 0. The van der Waals surface area contributed by atoms with E-state index in [1.165, 1.54) is 45.2 Å². The fraction of sp³-hybridized carbons (Fsp3) is 0.371. The van der Waals surface area contributed by atoms with Gasteiger partial charge in [-0.1, -0.05) is 78.7 Å². The number of fused-ring (bicyclic) bond motifs is 1. The van der Waals surface area contributed by atoms with E-state index in [9.17, 15) is 4.79 Å². The lowest BCUT2D eigenvalue weighted by atomic mass is 9.94. The van der Waals surface area contributed by atoms with Gasteiger partial charge in [-0.25, -0.2) is 4.98 Å². The molecule has 212 valence electrons. The number of likely N-dealkylation sites (tertiary alicyclic amines) is 2. The lowest BCUT2D eigenvalue weighted by Gasteiger charge is -2.40. The summed E-state index contributed by atoms with van der Waals surface area (Å²) in [5, 5.41) is 4.88. The summed E-state index contributed by atoms with van der Waals surface area (Å²) in [5.74, 6) is -0.0617. The van der Waals surface area contributed by atoms with Gasteiger partial charge in [0.25, 0.3) is 5.91 Å². The summed E-state index contributed by atoms with van der Waals surface area (Å²) < 4.78 is 0. The first-order valence-electron chi connectivity index (χ1n) is 15.1. The van der Waals surface area contributed by atoms with Gasteiger partial charge in [0.1, 0.15) is 0 Å². The van der Waals surface area contributed by atoms with Crippen LogP contribution >= 0.6 is 11.6 Å². The quantitative estimate of drug-likeness (QED) is 0.252. The Labute approximate surface area is 248 Å². The van der Waals surface area contributed by atoms with Crippen molar-refractivity contribution in [3.63, 3.8) is 0 Å². The molecule has 2 fully saturated rings. The SMILES string of the molecule is C[C@H](NC(=O)c1c(CN2CCC(N3CCCCC3)CC2)c(-c2ccc(Cl)cc2)nc2ccccc12)c1ccccc1. The summed E-state index contributed by atoms with van der Waals surface area (Å²) in [6.07, 6.45) is 6.36. The first-order valence-corrected chi connectivity index (χ1v) is 15.4. The topological polar surface area (TPSA) is 48.5 Å². The number of piperidine rings is 2. The molecule has 0 bridgehead atoms. The van der Waals surface area contributed by atoms with E-state index in [1.54, 1.807) is 0 Å². The van der Waals surface area contributed by atoms with E-state index in [0.29, 0.717) is 17.6 Å². The molecule has 0 saturated carbocycles. The monoisotopic (exact) mass is 566 g/mol. The minimum absolute atomic E-state index is 0.0617. The summed E-state index contributed by atoms with van der Waals surface area (Å²) in [5.41, 5.74) is 5.45. The predicted molar refractivity (Wildman–Crippen MR) is 168 cm³/mol. The van der Waals surface area contributed by atoms with Crippen LogP contribution in [0.3, 0.4) is 0 Å². The Morgan fingerprint density at radius 1 is 0.902 bits per heavy atom. The van der Waals surface area contributed by atoms with Crippen molar-refractivity contribution < 1.29 is 4.79 Å². The molecule has 0 radical (unpaired) electrons. The number of para-hydroxylation sites is 1. The standard InChI is InChI=1S/C35H39ClN4O/c1-25(26-10-4-2-5-11-26)37-35(41)33-30-12-6-7-13-32(30)38-34(27-14-16-28(36)17-15-27)31(33)24-39-22-18-29(19-23-39)40-20-8-3-9-21-40/h2,4-7,10-17,25,29H,3,8-9,18-24H2,1H3,(H,37,41)/t25-/m0/s1. The fourth-order valence-electron chi connectivity index (χ4n) is 6.55. The maximum atomic E-state index is 14.2. The van der Waals surface area contributed by atoms with Crippen LogP contribution in [-0.2, 0) is 6.54 Å². The first-order chi connectivity index (χ1) is 20.1. The van der Waals surface area contributed by atoms with E-state index in [2.05, 4.69) is 27.2 Å². The van der Waals surface area contributed by atoms with Gasteiger partial charge in [0.2, 0.25) is 0 Å². The molecule has 1 aromatic heterocycles. The molecule has 3 heterocycles. The number of nitrogens with zero attached hydrogens (tertiary/aromatic N) is 3. The molecule has 6 rings (SSSR count). The number of benzene rings is 3. The molecule has 5 nitrogen and oxygen atoms in total. The summed E-state index contributed by atoms with van der Waals surface area (Å²) >= 11 is 6.27. The zero-order valence-corrected chi connectivity index (χ0v) is 24.6. The third kappa shape index (κ3) is 6.33. The number of aromatic nitrogens is 1. The Kier molecular flexibility index (Phi) is 8.66. The molecule has 2 aliphatic heterocycles. The number of hydrogen-bond donors (Lipinski definition) is 1. The van der Waals surface area contributed by atoms with Crippen LogP contribution in [0.15, 0.2) is 78.9 Å². The van der Waals surface area contributed by atoms with E-state index >= 15 is 0 Å². The van der Waals surface area contributed by atoms with Crippen LogP contribution < -0.4 is 5.32 Å². The molecule has 0 spiro atoms. The predicted octanol–water partition coefficient (Wildman–Crippen LogP) is 7.50. The second kappa shape index (κ2) is 12.7. The van der Waals surface area contributed by atoms with Gasteiger partial charge >= 0.3 is 0 Å².